The maximum atomic E-state index is 11.9. The van der Waals surface area contributed by atoms with E-state index in [4.69, 9.17) is 0 Å². The topological polar surface area (TPSA) is 23.6 Å². The molecule has 0 aliphatic carbocycles. The molecular weight excluding hydrogens is 211 g/mol. The first-order valence-corrected chi connectivity index (χ1v) is 3.61. The average Bonchev–Trinajstić information content (AvgIpc) is 2.16. The molecule has 70 valence electrons. The molecule has 0 atom stereocenters. The summed E-state index contributed by atoms with van der Waals surface area (Å²) in [6.07, 6.45) is -1.08. The van der Waals surface area contributed by atoms with Gasteiger partial charge in [-0.1, -0.05) is 0 Å². The van der Waals surface area contributed by atoms with Crippen LogP contribution in [0.1, 0.15) is 0 Å². The van der Waals surface area contributed by atoms with Crippen LogP contribution in [0.3, 0.4) is 0 Å². The van der Waals surface area contributed by atoms with Crippen LogP contribution >= 0.6 is 0 Å². The predicted molar refractivity (Wildman–Crippen MR) is 38.7 cm³/mol. The Morgan fingerprint density at radius 2 is 1.92 bits per heavy atom. The fourth-order valence-electron chi connectivity index (χ4n) is 1.12. The monoisotopic (exact) mass is 220 g/mol. The van der Waals surface area contributed by atoms with Crippen LogP contribution in [-0.2, 0) is 0 Å². The van der Waals surface area contributed by atoms with E-state index in [0.717, 1.165) is 4.90 Å². The van der Waals surface area contributed by atoms with E-state index in [2.05, 4.69) is 0 Å². The molecule has 0 bridgehead atoms. The Bertz CT molecular complexity index is 201. The summed E-state index contributed by atoms with van der Waals surface area (Å²) in [5.74, 6) is 0. The molecule has 1 rings (SSSR count). The molecule has 0 saturated carbocycles. The third-order valence-electron chi connectivity index (χ3n) is 1.73. The minimum Gasteiger partial charge on any atom is -0.448 e. The Hall–Kier alpha value is 0.761. The van der Waals surface area contributed by atoms with E-state index in [0.29, 0.717) is 6.54 Å². The molecule has 1 aliphatic heterocycles. The van der Waals surface area contributed by atoms with E-state index < -0.39 is 19.5 Å². The van der Waals surface area contributed by atoms with Gasteiger partial charge in [0, 0.05) is 20.1 Å². The normalized spacial score (nSPS) is 17.7. The molecule has 8 heteroatoms. The van der Waals surface area contributed by atoms with Gasteiger partial charge in [0.1, 0.15) is 0 Å². The Morgan fingerprint density at radius 1 is 1.38 bits per heavy atom. The number of nitrogens with zero attached hydrogens (tertiary/aromatic N) is 2. The van der Waals surface area contributed by atoms with Crippen molar-refractivity contribution in [2.45, 2.75) is 0 Å². The Kier molecular flexibility index (Phi) is 5.31. The number of amides is 2. The van der Waals surface area contributed by atoms with Crippen LogP contribution in [0.2, 0.25) is 0 Å². The van der Waals surface area contributed by atoms with Gasteiger partial charge in [0.05, 0.1) is 0 Å². The van der Waals surface area contributed by atoms with E-state index in [9.17, 15) is 17.7 Å². The zero-order chi connectivity index (χ0) is 9.35. The first kappa shape index (κ1) is 13.8. The first-order valence-electron chi connectivity index (χ1n) is 3.61. The van der Waals surface area contributed by atoms with Crippen LogP contribution in [0.5, 0.6) is 0 Å². The van der Waals surface area contributed by atoms with Gasteiger partial charge in [0.2, 0.25) is 0 Å². The number of hydrogen-bond donors (Lipinski definition) is 0. The number of hydrogen-bond acceptors (Lipinski definition) is 1. The molecule has 0 aromatic rings. The maximum Gasteiger partial charge on any atom is 1.00 e. The van der Waals surface area contributed by atoms with Crippen LogP contribution in [0.4, 0.5) is 17.7 Å². The summed E-state index contributed by atoms with van der Waals surface area (Å²) in [6, 6.07) is -0.533. The van der Waals surface area contributed by atoms with Gasteiger partial charge in [-0.3, -0.25) is 0 Å². The summed E-state index contributed by atoms with van der Waals surface area (Å²) in [5.41, 5.74) is 0. The van der Waals surface area contributed by atoms with Gasteiger partial charge in [-0.25, -0.2) is 4.79 Å². The predicted octanol–water partition coefficient (Wildman–Crippen LogP) is -2.26. The molecule has 2 amide bonds. The summed E-state index contributed by atoms with van der Waals surface area (Å²) in [7, 11) is 1.49. The summed E-state index contributed by atoms with van der Waals surface area (Å²) < 4.78 is 35.6. The smallest absolute Gasteiger partial charge is 0.448 e. The third-order valence-corrected chi connectivity index (χ3v) is 1.73. The SMILES string of the molecule is CN1CCN(C[B-](F)(F)F)C1=O.[K+]. The molecule has 1 aliphatic rings. The summed E-state index contributed by atoms with van der Waals surface area (Å²) >= 11 is 0. The number of urea groups is 1. The van der Waals surface area contributed by atoms with Crippen molar-refractivity contribution in [2.75, 3.05) is 26.6 Å². The zero-order valence-corrected chi connectivity index (χ0v) is 10.8. The van der Waals surface area contributed by atoms with Gasteiger partial charge >= 0.3 is 64.4 Å². The van der Waals surface area contributed by atoms with Crippen molar-refractivity contribution in [3.05, 3.63) is 0 Å². The molecular formula is C5H9BF3KN2O. The first-order chi connectivity index (χ1) is 5.40. The van der Waals surface area contributed by atoms with Gasteiger partial charge in [-0.05, 0) is 6.44 Å². The van der Waals surface area contributed by atoms with Gasteiger partial charge in [0.15, 0.2) is 0 Å². The van der Waals surface area contributed by atoms with Crippen molar-refractivity contribution in [2.24, 2.45) is 0 Å². The zero-order valence-electron chi connectivity index (χ0n) is 7.64. The molecule has 1 saturated heterocycles. The second-order valence-corrected chi connectivity index (χ2v) is 2.86. The van der Waals surface area contributed by atoms with Crippen molar-refractivity contribution in [3.8, 4) is 0 Å². The number of rotatable bonds is 2. The summed E-state index contributed by atoms with van der Waals surface area (Å²) in [4.78, 5) is 13.0. The van der Waals surface area contributed by atoms with Crippen molar-refractivity contribution in [1.29, 1.82) is 0 Å². The molecule has 1 fully saturated rings. The number of carbonyl (C=O) groups excluding carboxylic acids is 1. The van der Waals surface area contributed by atoms with Crippen molar-refractivity contribution >= 4 is 13.0 Å². The van der Waals surface area contributed by atoms with Crippen molar-refractivity contribution in [3.63, 3.8) is 0 Å². The van der Waals surface area contributed by atoms with E-state index >= 15 is 0 Å². The van der Waals surface area contributed by atoms with E-state index in [1.165, 1.54) is 11.9 Å². The Morgan fingerprint density at radius 3 is 2.23 bits per heavy atom. The molecule has 0 N–H and O–H groups in total. The Balaban J connectivity index is 0.00000144. The molecule has 0 aromatic carbocycles. The van der Waals surface area contributed by atoms with Gasteiger partial charge < -0.3 is 22.7 Å². The van der Waals surface area contributed by atoms with Gasteiger partial charge in [0.25, 0.3) is 0 Å². The molecule has 3 nitrogen and oxygen atoms in total. The second kappa shape index (κ2) is 5.02. The van der Waals surface area contributed by atoms with Crippen LogP contribution < -0.4 is 51.4 Å². The molecule has 0 unspecified atom stereocenters. The maximum absolute atomic E-state index is 11.9. The second-order valence-electron chi connectivity index (χ2n) is 2.86. The van der Waals surface area contributed by atoms with Crippen molar-refractivity contribution in [1.82, 2.24) is 9.80 Å². The minimum atomic E-state index is -4.89. The number of likely N-dealkylation sites (N-methyl/N-ethyl adjacent to an activating group) is 1. The average molecular weight is 220 g/mol. The molecule has 13 heavy (non-hydrogen) atoms. The number of carbonyl (C=O) groups is 1. The fourth-order valence-corrected chi connectivity index (χ4v) is 1.12. The van der Waals surface area contributed by atoms with E-state index in [1.807, 2.05) is 0 Å². The molecule has 0 spiro atoms. The van der Waals surface area contributed by atoms with Crippen LogP contribution in [-0.4, -0.2) is 49.4 Å². The van der Waals surface area contributed by atoms with E-state index in [-0.39, 0.29) is 57.9 Å². The quantitative estimate of drug-likeness (QED) is 0.482. The standard InChI is InChI=1S/C5H9BF3N2O.K/c1-10-2-3-11(5(10)12)4-6(7,8)9;/h2-4H2,1H3;/q-1;+1. The third kappa shape index (κ3) is 4.20. The van der Waals surface area contributed by atoms with Crippen LogP contribution in [0, 0.1) is 0 Å². The largest absolute Gasteiger partial charge is 1.00 e. The van der Waals surface area contributed by atoms with Crippen molar-refractivity contribution < 1.29 is 69.1 Å². The van der Waals surface area contributed by atoms with Gasteiger partial charge in [-0.15, -0.1) is 0 Å². The van der Waals surface area contributed by atoms with Gasteiger partial charge in [-0.2, -0.15) is 0 Å². The van der Waals surface area contributed by atoms with E-state index in [1.54, 1.807) is 0 Å². The minimum absolute atomic E-state index is 0. The summed E-state index contributed by atoms with van der Waals surface area (Å²) in [5, 5.41) is 0. The molecule has 0 aromatic heterocycles. The van der Waals surface area contributed by atoms with Crippen LogP contribution in [0.15, 0.2) is 0 Å². The number of halogens is 3. The summed E-state index contributed by atoms with van der Waals surface area (Å²) in [6.45, 7) is -4.33. The van der Waals surface area contributed by atoms with Crippen LogP contribution in [0.25, 0.3) is 0 Å². The molecule has 1 heterocycles. The molecule has 0 radical (unpaired) electrons. The Labute approximate surface area is 117 Å². The fraction of sp³-hybridized carbons (Fsp3) is 0.800.